The number of nitrogens with zero attached hydrogens (tertiary/aromatic N) is 3. The largest absolute Gasteiger partial charge is 0.475 e. The number of carbonyl (C=O) groups excluding carboxylic acids is 1. The lowest BCUT2D eigenvalue weighted by atomic mass is 9.94. The number of nitrogens with one attached hydrogen (secondary N) is 2. The number of ether oxygens (including phenoxy) is 3. The Morgan fingerprint density at radius 2 is 2.00 bits per heavy atom. The zero-order valence-electron chi connectivity index (χ0n) is 21.1. The molecule has 0 amide bonds. The van der Waals surface area contributed by atoms with Crippen molar-refractivity contribution in [2.45, 2.75) is 59.1 Å². The van der Waals surface area contributed by atoms with Crippen molar-refractivity contribution < 1.29 is 23.4 Å². The molecule has 2 aromatic heterocycles. The molecule has 0 aliphatic heterocycles. The average molecular weight is 488 g/mol. The van der Waals surface area contributed by atoms with Crippen LogP contribution in [-0.2, 0) is 14.3 Å². The van der Waals surface area contributed by atoms with Crippen molar-refractivity contribution in [2.75, 3.05) is 31.0 Å². The van der Waals surface area contributed by atoms with Crippen molar-refractivity contribution in [2.24, 2.45) is 5.92 Å². The highest BCUT2D eigenvalue weighted by Gasteiger charge is 2.24. The van der Waals surface area contributed by atoms with Crippen LogP contribution in [0.15, 0.2) is 24.4 Å². The minimum Gasteiger partial charge on any atom is -0.475 e. The maximum absolute atomic E-state index is 14.8. The number of carbonyl (C=O) groups is 1. The summed E-state index contributed by atoms with van der Waals surface area (Å²) in [7, 11) is 1.57. The van der Waals surface area contributed by atoms with Gasteiger partial charge in [-0.05, 0) is 45.7 Å². The van der Waals surface area contributed by atoms with Crippen molar-refractivity contribution in [3.05, 3.63) is 35.8 Å². The van der Waals surface area contributed by atoms with E-state index in [9.17, 15) is 14.4 Å². The van der Waals surface area contributed by atoms with Crippen LogP contribution in [0.5, 0.6) is 5.88 Å². The SMILES string of the molecule is CC[C@H](CC(=O)OC(C)(C)C)[C@@H](C)Nc1nc(Nc2ccnc(OCCOC)c2)c(C#N)cc1F. The molecule has 0 saturated carbocycles. The van der Waals surface area contributed by atoms with E-state index in [1.54, 1.807) is 25.4 Å². The Morgan fingerprint density at radius 1 is 1.26 bits per heavy atom. The van der Waals surface area contributed by atoms with Gasteiger partial charge in [0.15, 0.2) is 17.5 Å². The second-order valence-electron chi connectivity index (χ2n) is 9.07. The number of methoxy groups -OCH3 is 1. The van der Waals surface area contributed by atoms with Crippen LogP contribution in [0.2, 0.25) is 0 Å². The van der Waals surface area contributed by atoms with E-state index in [1.807, 2.05) is 40.7 Å². The minimum absolute atomic E-state index is 0.0211. The Labute approximate surface area is 206 Å². The highest BCUT2D eigenvalue weighted by molar-refractivity contribution is 5.70. The number of anilines is 3. The van der Waals surface area contributed by atoms with E-state index in [2.05, 4.69) is 20.6 Å². The predicted octanol–water partition coefficient (Wildman–Crippen LogP) is 4.81. The molecule has 0 spiro atoms. The van der Waals surface area contributed by atoms with Crippen molar-refractivity contribution in [1.82, 2.24) is 9.97 Å². The first kappa shape index (κ1) is 27.8. The normalized spacial score (nSPS) is 12.9. The van der Waals surface area contributed by atoms with Crippen LogP contribution < -0.4 is 15.4 Å². The number of pyridine rings is 2. The summed E-state index contributed by atoms with van der Waals surface area (Å²) in [6.07, 6.45) is 2.41. The second kappa shape index (κ2) is 12.9. The summed E-state index contributed by atoms with van der Waals surface area (Å²) in [5, 5.41) is 15.6. The van der Waals surface area contributed by atoms with Gasteiger partial charge in [0.1, 0.15) is 18.3 Å². The molecule has 2 heterocycles. The van der Waals surface area contributed by atoms with Gasteiger partial charge in [0.25, 0.3) is 0 Å². The Morgan fingerprint density at radius 3 is 2.63 bits per heavy atom. The van der Waals surface area contributed by atoms with Gasteiger partial charge in [-0.3, -0.25) is 4.79 Å². The Bertz CT molecular complexity index is 1040. The van der Waals surface area contributed by atoms with Gasteiger partial charge in [0.2, 0.25) is 5.88 Å². The molecule has 2 atom stereocenters. The van der Waals surface area contributed by atoms with E-state index in [0.717, 1.165) is 6.07 Å². The maximum atomic E-state index is 14.8. The summed E-state index contributed by atoms with van der Waals surface area (Å²) in [6, 6.07) is 6.12. The van der Waals surface area contributed by atoms with Crippen molar-refractivity contribution in [3.63, 3.8) is 0 Å². The molecule has 10 heteroatoms. The molecule has 0 radical (unpaired) electrons. The van der Waals surface area contributed by atoms with Gasteiger partial charge < -0.3 is 24.8 Å². The van der Waals surface area contributed by atoms with Crippen molar-refractivity contribution in [1.29, 1.82) is 5.26 Å². The number of aromatic nitrogens is 2. The molecule has 0 aliphatic carbocycles. The zero-order valence-corrected chi connectivity index (χ0v) is 21.1. The molecule has 0 aliphatic rings. The maximum Gasteiger partial charge on any atom is 0.306 e. The van der Waals surface area contributed by atoms with Gasteiger partial charge >= 0.3 is 5.97 Å². The quantitative estimate of drug-likeness (QED) is 0.321. The molecule has 0 unspecified atom stereocenters. The zero-order chi connectivity index (χ0) is 26.0. The Hall–Kier alpha value is -3.45. The monoisotopic (exact) mass is 487 g/mol. The molecule has 0 saturated heterocycles. The van der Waals surface area contributed by atoms with Crippen molar-refractivity contribution in [3.8, 4) is 11.9 Å². The molecule has 2 rings (SSSR count). The Kier molecular flexibility index (Phi) is 10.2. The van der Waals surface area contributed by atoms with E-state index in [1.165, 1.54) is 0 Å². The molecule has 0 fully saturated rings. The molecule has 9 nitrogen and oxygen atoms in total. The number of hydrogen-bond donors (Lipinski definition) is 2. The van der Waals surface area contributed by atoms with Crippen LogP contribution >= 0.6 is 0 Å². The number of hydrogen-bond acceptors (Lipinski definition) is 9. The molecule has 35 heavy (non-hydrogen) atoms. The van der Waals surface area contributed by atoms with Gasteiger partial charge in [-0.2, -0.15) is 5.26 Å². The van der Waals surface area contributed by atoms with E-state index in [-0.39, 0.29) is 41.5 Å². The van der Waals surface area contributed by atoms with Gasteiger partial charge in [-0.15, -0.1) is 0 Å². The lowest BCUT2D eigenvalue weighted by Crippen LogP contribution is -2.31. The van der Waals surface area contributed by atoms with Crippen LogP contribution in [0.1, 0.15) is 53.0 Å². The topological polar surface area (TPSA) is 118 Å². The Balaban J connectivity index is 2.19. The molecule has 2 aromatic rings. The highest BCUT2D eigenvalue weighted by atomic mass is 19.1. The van der Waals surface area contributed by atoms with E-state index in [0.29, 0.717) is 31.2 Å². The lowest BCUT2D eigenvalue weighted by molar-refractivity contribution is -0.156. The third-order valence-electron chi connectivity index (χ3n) is 5.08. The third kappa shape index (κ3) is 9.02. The first-order chi connectivity index (χ1) is 16.6. The number of nitriles is 1. The first-order valence-electron chi connectivity index (χ1n) is 11.5. The third-order valence-corrected chi connectivity index (χ3v) is 5.08. The molecule has 190 valence electrons. The molecule has 2 N–H and O–H groups in total. The van der Waals surface area contributed by atoms with Crippen LogP contribution in [-0.4, -0.2) is 47.9 Å². The number of esters is 1. The average Bonchev–Trinajstić information content (AvgIpc) is 2.78. The minimum atomic E-state index is -0.663. The smallest absolute Gasteiger partial charge is 0.306 e. The fourth-order valence-electron chi connectivity index (χ4n) is 3.31. The fourth-order valence-corrected chi connectivity index (χ4v) is 3.31. The predicted molar refractivity (Wildman–Crippen MR) is 131 cm³/mol. The van der Waals surface area contributed by atoms with E-state index < -0.39 is 11.4 Å². The van der Waals surface area contributed by atoms with E-state index >= 15 is 0 Å². The molecule has 0 bridgehead atoms. The van der Waals surface area contributed by atoms with Gasteiger partial charge in [0.05, 0.1) is 18.6 Å². The summed E-state index contributed by atoms with van der Waals surface area (Å²) in [5.41, 5.74) is 0.0354. The summed E-state index contributed by atoms with van der Waals surface area (Å²) in [4.78, 5) is 20.7. The van der Waals surface area contributed by atoms with Gasteiger partial charge in [0, 0.05) is 31.1 Å². The summed E-state index contributed by atoms with van der Waals surface area (Å²) < 4.78 is 30.7. The summed E-state index contributed by atoms with van der Waals surface area (Å²) in [6.45, 7) is 10.0. The first-order valence-corrected chi connectivity index (χ1v) is 11.5. The molecular formula is C25H34FN5O4. The summed E-state index contributed by atoms with van der Waals surface area (Å²) in [5.74, 6) is -0.554. The van der Waals surface area contributed by atoms with Crippen LogP contribution in [0.25, 0.3) is 0 Å². The standard InChI is InChI=1S/C25H34FN5O4/c1-7-17(13-22(32)35-25(3,4)5)16(2)29-24-20(26)12-18(15-27)23(31-24)30-19-8-9-28-21(14-19)34-11-10-33-6/h8-9,12,14,16-17H,7,10-11,13H2,1-6H3,(H2,28,29,30,31)/t16-,17-/m1/s1. The summed E-state index contributed by atoms with van der Waals surface area (Å²) >= 11 is 0. The second-order valence-corrected chi connectivity index (χ2v) is 9.07. The highest BCUT2D eigenvalue weighted by Crippen LogP contribution is 2.27. The number of rotatable bonds is 12. The van der Waals surface area contributed by atoms with Crippen LogP contribution in [0.4, 0.5) is 21.7 Å². The van der Waals surface area contributed by atoms with Crippen molar-refractivity contribution >= 4 is 23.3 Å². The van der Waals surface area contributed by atoms with Crippen LogP contribution in [0.3, 0.4) is 0 Å². The van der Waals surface area contributed by atoms with Gasteiger partial charge in [-0.25, -0.2) is 14.4 Å². The van der Waals surface area contributed by atoms with Gasteiger partial charge in [-0.1, -0.05) is 13.3 Å². The molecular weight excluding hydrogens is 453 g/mol. The fraction of sp³-hybridized carbons (Fsp3) is 0.520. The van der Waals surface area contributed by atoms with E-state index in [4.69, 9.17) is 14.2 Å². The lowest BCUT2D eigenvalue weighted by Gasteiger charge is -2.26. The molecule has 0 aromatic carbocycles. The number of halogens is 1. The van der Waals surface area contributed by atoms with Crippen LogP contribution in [0, 0.1) is 23.1 Å².